The third-order valence-electron chi connectivity index (χ3n) is 5.72. The summed E-state index contributed by atoms with van der Waals surface area (Å²) in [6, 6.07) is 6.82. The maximum atomic E-state index is 12.6. The van der Waals surface area contributed by atoms with Crippen molar-refractivity contribution >= 4 is 17.7 Å². The van der Waals surface area contributed by atoms with Crippen LogP contribution in [0.3, 0.4) is 0 Å². The lowest BCUT2D eigenvalue weighted by Gasteiger charge is -2.56. The quantitative estimate of drug-likeness (QED) is 0.687. The molecule has 4 aliphatic carbocycles. The minimum atomic E-state index is 0.00332. The number of hydrogen-bond acceptors (Lipinski definition) is 3. The van der Waals surface area contributed by atoms with Crippen LogP contribution < -0.4 is 5.32 Å². The summed E-state index contributed by atoms with van der Waals surface area (Å²) >= 11 is 0. The van der Waals surface area contributed by atoms with Gasteiger partial charge in [0, 0.05) is 11.1 Å². The number of rotatable bonds is 3. The second-order valence-electron chi connectivity index (χ2n) is 7.40. The number of hydrogen-bond donors (Lipinski definition) is 1. The lowest BCUT2D eigenvalue weighted by molar-refractivity contribution is -0.0167. The molecule has 0 aliphatic heterocycles. The highest BCUT2D eigenvalue weighted by atomic mass is 16.1. The van der Waals surface area contributed by atoms with Crippen LogP contribution in [-0.2, 0) is 4.79 Å². The van der Waals surface area contributed by atoms with Crippen LogP contribution in [0, 0.1) is 17.8 Å². The monoisotopic (exact) mass is 296 g/mol. The second-order valence-corrected chi connectivity index (χ2v) is 7.40. The Hall–Kier alpha value is -1.93. The summed E-state index contributed by atoms with van der Waals surface area (Å²) in [6.45, 7) is 0. The van der Waals surface area contributed by atoms with E-state index in [1.54, 1.807) is 24.3 Å². The summed E-state index contributed by atoms with van der Waals surface area (Å²) in [4.78, 5) is 26.4. The molecule has 1 N–H and O–H groups in total. The van der Waals surface area contributed by atoms with Crippen LogP contribution in [0.25, 0.3) is 0 Å². The SMILES string of the molecule is O=C=Nc1ccc(C(=O)NC23CC4CC(CC(C4)C2)C3)cc1. The smallest absolute Gasteiger partial charge is 0.251 e. The molecule has 1 amide bonds. The zero-order valence-corrected chi connectivity index (χ0v) is 12.5. The highest BCUT2D eigenvalue weighted by Gasteiger charge is 2.51. The average Bonchev–Trinajstić information content (AvgIpc) is 2.46. The van der Waals surface area contributed by atoms with Crippen molar-refractivity contribution in [1.82, 2.24) is 5.32 Å². The van der Waals surface area contributed by atoms with Crippen molar-refractivity contribution < 1.29 is 9.59 Å². The van der Waals surface area contributed by atoms with E-state index in [1.807, 2.05) is 0 Å². The van der Waals surface area contributed by atoms with E-state index in [-0.39, 0.29) is 11.4 Å². The van der Waals surface area contributed by atoms with Gasteiger partial charge in [-0.05, 0) is 80.5 Å². The van der Waals surface area contributed by atoms with Gasteiger partial charge in [0.2, 0.25) is 6.08 Å². The first-order valence-corrected chi connectivity index (χ1v) is 8.16. The van der Waals surface area contributed by atoms with Crippen molar-refractivity contribution in [3.8, 4) is 0 Å². The van der Waals surface area contributed by atoms with Gasteiger partial charge in [0.05, 0.1) is 5.69 Å². The molecule has 1 aromatic carbocycles. The minimum absolute atomic E-state index is 0.00332. The molecule has 5 rings (SSSR count). The van der Waals surface area contributed by atoms with E-state index in [2.05, 4.69) is 10.3 Å². The van der Waals surface area contributed by atoms with E-state index >= 15 is 0 Å². The highest BCUT2D eigenvalue weighted by Crippen LogP contribution is 2.55. The van der Waals surface area contributed by atoms with Crippen molar-refractivity contribution in [2.75, 3.05) is 0 Å². The molecule has 4 heteroatoms. The lowest BCUT2D eigenvalue weighted by atomic mass is 9.53. The van der Waals surface area contributed by atoms with Crippen LogP contribution in [-0.4, -0.2) is 17.5 Å². The van der Waals surface area contributed by atoms with Crippen LogP contribution >= 0.6 is 0 Å². The molecule has 4 bridgehead atoms. The van der Waals surface area contributed by atoms with Crippen LogP contribution in [0.1, 0.15) is 48.9 Å². The van der Waals surface area contributed by atoms with Gasteiger partial charge in [-0.25, -0.2) is 4.79 Å². The Morgan fingerprint density at radius 3 is 2.09 bits per heavy atom. The number of carbonyl (C=O) groups is 1. The molecule has 0 spiro atoms. The van der Waals surface area contributed by atoms with Crippen LogP contribution in [0.2, 0.25) is 0 Å². The average molecular weight is 296 g/mol. The largest absolute Gasteiger partial charge is 0.347 e. The molecular formula is C18H20N2O2. The molecule has 22 heavy (non-hydrogen) atoms. The fourth-order valence-corrected chi connectivity index (χ4v) is 5.32. The van der Waals surface area contributed by atoms with E-state index in [1.165, 1.54) is 25.3 Å². The Balaban J connectivity index is 1.51. The number of amides is 1. The van der Waals surface area contributed by atoms with E-state index in [9.17, 15) is 9.59 Å². The molecule has 0 unspecified atom stereocenters. The normalized spacial score (nSPS) is 35.0. The summed E-state index contributed by atoms with van der Waals surface area (Å²) in [5.41, 5.74) is 1.20. The zero-order valence-electron chi connectivity index (χ0n) is 12.5. The fraction of sp³-hybridized carbons (Fsp3) is 0.556. The molecule has 1 aromatic rings. The zero-order chi connectivity index (χ0) is 15.2. The standard InChI is InChI=1S/C18H20N2O2/c21-11-19-16-3-1-15(2-4-16)17(22)20-18-8-12-5-13(9-18)7-14(6-12)10-18/h1-4,12-14H,5-10H2,(H,20,22). The molecular weight excluding hydrogens is 276 g/mol. The van der Waals surface area contributed by atoms with Gasteiger partial charge in [-0.15, -0.1) is 0 Å². The van der Waals surface area contributed by atoms with E-state index in [0.29, 0.717) is 11.3 Å². The van der Waals surface area contributed by atoms with Gasteiger partial charge in [0.15, 0.2) is 0 Å². The minimum Gasteiger partial charge on any atom is -0.347 e. The molecule has 114 valence electrons. The number of carbonyl (C=O) groups excluding carboxylic acids is 2. The van der Waals surface area contributed by atoms with Gasteiger partial charge in [-0.1, -0.05) is 0 Å². The predicted octanol–water partition coefficient (Wildman–Crippen LogP) is 3.35. The molecule has 0 saturated heterocycles. The van der Waals surface area contributed by atoms with Gasteiger partial charge in [0.25, 0.3) is 5.91 Å². The van der Waals surface area contributed by atoms with Gasteiger partial charge >= 0.3 is 0 Å². The third-order valence-corrected chi connectivity index (χ3v) is 5.72. The maximum Gasteiger partial charge on any atom is 0.251 e. The summed E-state index contributed by atoms with van der Waals surface area (Å²) in [5, 5.41) is 3.35. The first-order chi connectivity index (χ1) is 10.7. The van der Waals surface area contributed by atoms with Gasteiger partial charge in [-0.3, -0.25) is 4.79 Å². The van der Waals surface area contributed by atoms with Crippen molar-refractivity contribution in [2.24, 2.45) is 22.7 Å². The third kappa shape index (κ3) is 2.38. The van der Waals surface area contributed by atoms with Crippen LogP contribution in [0.15, 0.2) is 29.3 Å². The summed E-state index contributed by atoms with van der Waals surface area (Å²) in [7, 11) is 0. The number of benzene rings is 1. The molecule has 0 heterocycles. The van der Waals surface area contributed by atoms with Gasteiger partial charge < -0.3 is 5.32 Å². The number of nitrogens with one attached hydrogen (secondary N) is 1. The molecule has 4 nitrogen and oxygen atoms in total. The van der Waals surface area contributed by atoms with E-state index in [0.717, 1.165) is 37.0 Å². The topological polar surface area (TPSA) is 58.5 Å². The number of nitrogens with zero attached hydrogens (tertiary/aromatic N) is 1. The molecule has 0 aromatic heterocycles. The Morgan fingerprint density at radius 2 is 1.59 bits per heavy atom. The number of isocyanates is 1. The molecule has 4 saturated carbocycles. The van der Waals surface area contributed by atoms with Gasteiger partial charge in [-0.2, -0.15) is 4.99 Å². The van der Waals surface area contributed by atoms with Crippen LogP contribution in [0.5, 0.6) is 0 Å². The lowest BCUT2D eigenvalue weighted by Crippen LogP contribution is -2.59. The first kappa shape index (κ1) is 13.7. The van der Waals surface area contributed by atoms with Crippen molar-refractivity contribution in [3.63, 3.8) is 0 Å². The molecule has 0 radical (unpaired) electrons. The molecule has 4 fully saturated rings. The Labute approximate surface area is 130 Å². The first-order valence-electron chi connectivity index (χ1n) is 8.16. The Bertz CT molecular complexity index is 608. The molecule has 4 aliphatic rings. The van der Waals surface area contributed by atoms with Gasteiger partial charge in [0.1, 0.15) is 0 Å². The Morgan fingerprint density at radius 1 is 1.05 bits per heavy atom. The number of aliphatic imine (C=N–C) groups is 1. The van der Waals surface area contributed by atoms with Crippen molar-refractivity contribution in [3.05, 3.63) is 29.8 Å². The summed E-state index contributed by atoms with van der Waals surface area (Å²) in [6.07, 6.45) is 9.07. The fourth-order valence-electron chi connectivity index (χ4n) is 5.32. The summed E-state index contributed by atoms with van der Waals surface area (Å²) < 4.78 is 0. The van der Waals surface area contributed by atoms with Crippen LogP contribution in [0.4, 0.5) is 5.69 Å². The van der Waals surface area contributed by atoms with E-state index in [4.69, 9.17) is 0 Å². The van der Waals surface area contributed by atoms with Crippen molar-refractivity contribution in [2.45, 2.75) is 44.1 Å². The van der Waals surface area contributed by atoms with Crippen molar-refractivity contribution in [1.29, 1.82) is 0 Å². The maximum absolute atomic E-state index is 12.6. The molecule has 0 atom stereocenters. The van der Waals surface area contributed by atoms with E-state index < -0.39 is 0 Å². The highest BCUT2D eigenvalue weighted by molar-refractivity contribution is 5.95. The predicted molar refractivity (Wildman–Crippen MR) is 82.6 cm³/mol. The summed E-state index contributed by atoms with van der Waals surface area (Å²) in [5.74, 6) is 2.45. The Kier molecular flexibility index (Phi) is 3.16. The second kappa shape index (κ2) is 5.06.